The number of hydrogen-bond donors (Lipinski definition) is 2. The van der Waals surface area contributed by atoms with Gasteiger partial charge in [0, 0.05) is 60.8 Å². The van der Waals surface area contributed by atoms with E-state index in [-0.39, 0.29) is 24.5 Å². The Morgan fingerprint density at radius 1 is 0.958 bits per heavy atom. The maximum Gasteiger partial charge on any atom is 0.254 e. The number of benzene rings is 4. The summed E-state index contributed by atoms with van der Waals surface area (Å²) in [7, 11) is 1.81. The normalized spacial score (nSPS) is 16.1. The van der Waals surface area contributed by atoms with E-state index < -0.39 is 6.10 Å². The molecular formula is C38H38Cl2N4O3S. The molecule has 2 heterocycles. The minimum atomic E-state index is -0.873. The van der Waals surface area contributed by atoms with Crippen LogP contribution in [0.3, 0.4) is 0 Å². The van der Waals surface area contributed by atoms with Crippen molar-refractivity contribution in [2.45, 2.75) is 24.5 Å². The minimum absolute atomic E-state index is 0.0142. The van der Waals surface area contributed by atoms with Crippen molar-refractivity contribution < 1.29 is 15.0 Å². The summed E-state index contributed by atoms with van der Waals surface area (Å²) in [4.78, 5) is 21.4. The molecule has 6 rings (SSSR count). The van der Waals surface area contributed by atoms with E-state index >= 15 is 0 Å². The Bertz CT molecular complexity index is 1920. The van der Waals surface area contributed by atoms with Crippen molar-refractivity contribution >= 4 is 61.3 Å². The minimum Gasteiger partial charge on any atom is -0.394 e. The number of piperazine rings is 1. The Labute approximate surface area is 295 Å². The number of nitriles is 1. The van der Waals surface area contributed by atoms with Crippen molar-refractivity contribution in [3.63, 3.8) is 0 Å². The van der Waals surface area contributed by atoms with E-state index in [1.54, 1.807) is 41.5 Å². The summed E-state index contributed by atoms with van der Waals surface area (Å²) in [6.45, 7) is 4.11. The topological polar surface area (TPSA) is 91.0 Å². The van der Waals surface area contributed by atoms with Gasteiger partial charge in [-0.25, -0.2) is 0 Å². The first kappa shape index (κ1) is 34.3. The highest BCUT2D eigenvalue weighted by atomic mass is 35.5. The summed E-state index contributed by atoms with van der Waals surface area (Å²) in [5.74, 6) is -0.156. The molecule has 0 unspecified atom stereocenters. The molecule has 1 aliphatic heterocycles. The van der Waals surface area contributed by atoms with Crippen molar-refractivity contribution in [2.24, 2.45) is 0 Å². The molecule has 1 saturated heterocycles. The Kier molecular flexibility index (Phi) is 11.0. The highest BCUT2D eigenvalue weighted by Crippen LogP contribution is 2.36. The molecule has 4 aromatic carbocycles. The standard InChI is InChI=1S/C38H38Cl2N4O3S/c1-42(38(47)31-19-25(22-41)18-27-6-2-4-8-30(27)31)23-29(26-10-11-32(39)33(40)20-26)12-13-43-14-16-44(17-15-43)37(34(46)24-45)36-21-28-7-3-5-9-35(28)48-36/h2-11,18-21,29,34,37,45-46H,12-17,23-24H2,1H3/t29-,34-,37-/m1/s1. The lowest BCUT2D eigenvalue weighted by Gasteiger charge is -2.40. The smallest absolute Gasteiger partial charge is 0.254 e. The van der Waals surface area contributed by atoms with E-state index in [4.69, 9.17) is 23.2 Å². The number of fused-ring (bicyclic) bond motifs is 2. The lowest BCUT2D eigenvalue weighted by atomic mass is 9.94. The summed E-state index contributed by atoms with van der Waals surface area (Å²) in [6, 6.07) is 29.0. The maximum atomic E-state index is 13.9. The van der Waals surface area contributed by atoms with Gasteiger partial charge in [0.15, 0.2) is 0 Å². The van der Waals surface area contributed by atoms with Gasteiger partial charge in [0.25, 0.3) is 5.91 Å². The van der Waals surface area contributed by atoms with Crippen LogP contribution in [0.25, 0.3) is 20.9 Å². The van der Waals surface area contributed by atoms with Crippen LogP contribution in [-0.2, 0) is 0 Å². The van der Waals surface area contributed by atoms with Crippen LogP contribution in [-0.4, -0.2) is 89.8 Å². The number of aliphatic hydroxyl groups is 2. The molecular weight excluding hydrogens is 663 g/mol. The maximum absolute atomic E-state index is 13.9. The van der Waals surface area contributed by atoms with Crippen molar-refractivity contribution in [2.75, 3.05) is 52.9 Å². The molecule has 0 spiro atoms. The number of hydrogen-bond acceptors (Lipinski definition) is 7. The second kappa shape index (κ2) is 15.4. The second-order valence-corrected chi connectivity index (χ2v) is 14.4. The number of amides is 1. The zero-order valence-corrected chi connectivity index (χ0v) is 29.1. The molecule has 48 heavy (non-hydrogen) atoms. The quantitative estimate of drug-likeness (QED) is 0.152. The third kappa shape index (κ3) is 7.54. The molecule has 10 heteroatoms. The van der Waals surface area contributed by atoms with Crippen LogP contribution >= 0.6 is 34.5 Å². The monoisotopic (exact) mass is 700 g/mol. The fourth-order valence-corrected chi connectivity index (χ4v) is 8.33. The predicted molar refractivity (Wildman–Crippen MR) is 195 cm³/mol. The summed E-state index contributed by atoms with van der Waals surface area (Å²) < 4.78 is 1.17. The Morgan fingerprint density at radius 3 is 2.40 bits per heavy atom. The van der Waals surface area contributed by atoms with E-state index in [2.05, 4.69) is 34.1 Å². The number of nitrogens with zero attached hydrogens (tertiary/aromatic N) is 4. The molecule has 0 aliphatic carbocycles. The summed E-state index contributed by atoms with van der Waals surface area (Å²) in [6.07, 6.45) is -0.0872. The van der Waals surface area contributed by atoms with Gasteiger partial charge >= 0.3 is 0 Å². The fourth-order valence-electron chi connectivity index (χ4n) is 6.77. The van der Waals surface area contributed by atoms with E-state index in [9.17, 15) is 20.3 Å². The van der Waals surface area contributed by atoms with E-state index in [1.165, 1.54) is 4.70 Å². The lowest BCUT2D eigenvalue weighted by Crippen LogP contribution is -2.50. The van der Waals surface area contributed by atoms with Crippen LogP contribution in [0, 0.1) is 11.3 Å². The average Bonchev–Trinajstić information content (AvgIpc) is 3.54. The molecule has 7 nitrogen and oxygen atoms in total. The molecule has 1 aromatic heterocycles. The van der Waals surface area contributed by atoms with Crippen molar-refractivity contribution in [1.29, 1.82) is 5.26 Å². The van der Waals surface area contributed by atoms with Crippen molar-refractivity contribution in [1.82, 2.24) is 14.7 Å². The van der Waals surface area contributed by atoms with Crippen LogP contribution in [0.2, 0.25) is 10.0 Å². The van der Waals surface area contributed by atoms with E-state index in [1.807, 2.05) is 48.5 Å². The van der Waals surface area contributed by atoms with Gasteiger partial charge in [-0.3, -0.25) is 9.69 Å². The first-order valence-corrected chi connectivity index (χ1v) is 17.7. The number of carbonyl (C=O) groups excluding carboxylic acids is 1. The van der Waals surface area contributed by atoms with Gasteiger partial charge in [-0.1, -0.05) is 71.7 Å². The number of thiophene rings is 1. The molecule has 248 valence electrons. The third-order valence-corrected chi connectivity index (χ3v) is 11.3. The first-order chi connectivity index (χ1) is 23.2. The summed E-state index contributed by atoms with van der Waals surface area (Å²) in [5.41, 5.74) is 1.97. The Morgan fingerprint density at radius 2 is 1.69 bits per heavy atom. The first-order valence-electron chi connectivity index (χ1n) is 16.1. The Balaban J connectivity index is 1.16. The van der Waals surface area contributed by atoms with Crippen LogP contribution in [0.1, 0.15) is 44.7 Å². The van der Waals surface area contributed by atoms with Crippen molar-refractivity contribution in [3.05, 3.63) is 117 Å². The fraction of sp³-hybridized carbons (Fsp3) is 0.316. The number of likely N-dealkylation sites (N-methyl/N-ethyl adjacent to an activating group) is 1. The van der Waals surface area contributed by atoms with Crippen LogP contribution < -0.4 is 0 Å². The number of carbonyl (C=O) groups is 1. The molecule has 3 atom stereocenters. The van der Waals surface area contributed by atoms with Crippen LogP contribution in [0.15, 0.2) is 84.9 Å². The van der Waals surface area contributed by atoms with Gasteiger partial charge in [0.1, 0.15) is 0 Å². The molecule has 5 aromatic rings. The zero-order valence-electron chi connectivity index (χ0n) is 26.7. The highest BCUT2D eigenvalue weighted by molar-refractivity contribution is 7.19. The predicted octanol–water partition coefficient (Wildman–Crippen LogP) is 7.19. The molecule has 2 N–H and O–H groups in total. The van der Waals surface area contributed by atoms with Crippen LogP contribution in [0.5, 0.6) is 0 Å². The third-order valence-electron chi connectivity index (χ3n) is 9.36. The van der Waals surface area contributed by atoms with Gasteiger partial charge in [-0.2, -0.15) is 5.26 Å². The second-order valence-electron chi connectivity index (χ2n) is 12.5. The molecule has 1 aliphatic rings. The number of rotatable bonds is 11. The van der Waals surface area contributed by atoms with Crippen molar-refractivity contribution in [3.8, 4) is 6.07 Å². The average molecular weight is 702 g/mol. The SMILES string of the molecule is CN(C[C@@H](CCN1CCN([C@@H](c2cc3ccccc3s2)[C@H](O)CO)CC1)c1ccc(Cl)c(Cl)c1)C(=O)c1cc(C#N)cc2ccccc12. The summed E-state index contributed by atoms with van der Waals surface area (Å²) >= 11 is 14.4. The summed E-state index contributed by atoms with van der Waals surface area (Å²) in [5, 5.41) is 34.2. The molecule has 1 amide bonds. The number of halogens is 2. The zero-order chi connectivity index (χ0) is 33.8. The highest BCUT2D eigenvalue weighted by Gasteiger charge is 2.32. The molecule has 0 radical (unpaired) electrons. The van der Waals surface area contributed by atoms with Gasteiger partial charge < -0.3 is 20.0 Å². The molecule has 0 bridgehead atoms. The van der Waals surface area contributed by atoms with Gasteiger partial charge in [0.05, 0.1) is 40.4 Å². The largest absolute Gasteiger partial charge is 0.394 e. The van der Waals surface area contributed by atoms with E-state index in [0.717, 1.165) is 65.7 Å². The lowest BCUT2D eigenvalue weighted by molar-refractivity contribution is -0.00841. The van der Waals surface area contributed by atoms with Crippen LogP contribution in [0.4, 0.5) is 0 Å². The van der Waals surface area contributed by atoms with Gasteiger partial charge in [0.2, 0.25) is 0 Å². The van der Waals surface area contributed by atoms with Gasteiger partial charge in [-0.15, -0.1) is 11.3 Å². The molecule has 0 saturated carbocycles. The number of aliphatic hydroxyl groups excluding tert-OH is 2. The molecule has 1 fully saturated rings. The van der Waals surface area contributed by atoms with Gasteiger partial charge in [-0.05, 0) is 71.1 Å². The van der Waals surface area contributed by atoms with E-state index in [0.29, 0.717) is 27.7 Å². The Hall–Kier alpha value is -3.52.